The standard InChI is InChI=1S/C11H16N2O2/c1-13(2)7-9-5-10(12)4-3-8(9)6-11(14)15/h3-5H,6-7,12H2,1-2H3,(H,14,15). The van der Waals surface area contributed by atoms with Gasteiger partial charge in [0, 0.05) is 12.2 Å². The minimum atomic E-state index is -0.820. The molecule has 0 saturated carbocycles. The molecule has 0 bridgehead atoms. The van der Waals surface area contributed by atoms with Gasteiger partial charge >= 0.3 is 5.97 Å². The molecular weight excluding hydrogens is 192 g/mol. The van der Waals surface area contributed by atoms with E-state index in [0.717, 1.165) is 11.1 Å². The van der Waals surface area contributed by atoms with Gasteiger partial charge in [-0.3, -0.25) is 4.79 Å². The molecule has 0 aliphatic rings. The molecule has 3 N–H and O–H groups in total. The quantitative estimate of drug-likeness (QED) is 0.723. The van der Waals surface area contributed by atoms with Crippen molar-refractivity contribution in [1.29, 1.82) is 0 Å². The SMILES string of the molecule is CN(C)Cc1cc(N)ccc1CC(=O)O. The second-order valence-corrected chi connectivity index (χ2v) is 3.84. The van der Waals surface area contributed by atoms with Crippen LogP contribution in [0.3, 0.4) is 0 Å². The van der Waals surface area contributed by atoms with Crippen molar-refractivity contribution in [2.24, 2.45) is 0 Å². The summed E-state index contributed by atoms with van der Waals surface area (Å²) in [4.78, 5) is 12.6. The number of nitrogens with zero attached hydrogens (tertiary/aromatic N) is 1. The topological polar surface area (TPSA) is 66.6 Å². The third-order valence-corrected chi connectivity index (χ3v) is 2.06. The second kappa shape index (κ2) is 4.79. The van der Waals surface area contributed by atoms with Crippen molar-refractivity contribution >= 4 is 11.7 Å². The molecule has 0 saturated heterocycles. The monoisotopic (exact) mass is 208 g/mol. The van der Waals surface area contributed by atoms with Gasteiger partial charge in [-0.2, -0.15) is 0 Å². The van der Waals surface area contributed by atoms with Gasteiger partial charge in [0.25, 0.3) is 0 Å². The number of hydrogen-bond donors (Lipinski definition) is 2. The first-order chi connectivity index (χ1) is 6.99. The van der Waals surface area contributed by atoms with Crippen molar-refractivity contribution in [3.05, 3.63) is 29.3 Å². The molecule has 4 heteroatoms. The highest BCUT2D eigenvalue weighted by Gasteiger charge is 2.07. The minimum absolute atomic E-state index is 0.0451. The highest BCUT2D eigenvalue weighted by Crippen LogP contribution is 2.15. The number of rotatable bonds is 4. The van der Waals surface area contributed by atoms with E-state index in [2.05, 4.69) is 0 Å². The summed E-state index contributed by atoms with van der Waals surface area (Å²) < 4.78 is 0. The number of hydrogen-bond acceptors (Lipinski definition) is 3. The maximum atomic E-state index is 10.6. The lowest BCUT2D eigenvalue weighted by molar-refractivity contribution is -0.136. The molecule has 0 unspecified atom stereocenters. The fraction of sp³-hybridized carbons (Fsp3) is 0.364. The summed E-state index contributed by atoms with van der Waals surface area (Å²) in [6.45, 7) is 0.702. The third-order valence-electron chi connectivity index (χ3n) is 2.06. The number of anilines is 1. The average Bonchev–Trinajstić information content (AvgIpc) is 2.08. The van der Waals surface area contributed by atoms with Crippen LogP contribution in [0.2, 0.25) is 0 Å². The van der Waals surface area contributed by atoms with Gasteiger partial charge in [0.1, 0.15) is 0 Å². The minimum Gasteiger partial charge on any atom is -0.481 e. The number of benzene rings is 1. The Morgan fingerprint density at radius 1 is 1.40 bits per heavy atom. The van der Waals surface area contributed by atoms with Crippen LogP contribution >= 0.6 is 0 Å². The fourth-order valence-corrected chi connectivity index (χ4v) is 1.47. The summed E-state index contributed by atoms with van der Waals surface area (Å²) in [5.41, 5.74) is 8.13. The lowest BCUT2D eigenvalue weighted by Gasteiger charge is -2.13. The number of carbonyl (C=O) groups is 1. The zero-order valence-electron chi connectivity index (χ0n) is 9.03. The molecule has 0 fully saturated rings. The summed E-state index contributed by atoms with van der Waals surface area (Å²) in [5, 5.41) is 8.75. The van der Waals surface area contributed by atoms with Crippen molar-refractivity contribution in [3.8, 4) is 0 Å². The summed E-state index contributed by atoms with van der Waals surface area (Å²) in [7, 11) is 3.88. The molecule has 4 nitrogen and oxygen atoms in total. The Morgan fingerprint density at radius 2 is 2.07 bits per heavy atom. The first kappa shape index (κ1) is 11.5. The van der Waals surface area contributed by atoms with E-state index < -0.39 is 5.97 Å². The molecule has 0 radical (unpaired) electrons. The van der Waals surface area contributed by atoms with Gasteiger partial charge in [-0.15, -0.1) is 0 Å². The van der Waals surface area contributed by atoms with Gasteiger partial charge in [-0.25, -0.2) is 0 Å². The molecule has 0 aliphatic carbocycles. The van der Waals surface area contributed by atoms with E-state index in [1.807, 2.05) is 25.1 Å². The third kappa shape index (κ3) is 3.59. The average molecular weight is 208 g/mol. The maximum Gasteiger partial charge on any atom is 0.307 e. The Labute approximate surface area is 89.3 Å². The maximum absolute atomic E-state index is 10.6. The van der Waals surface area contributed by atoms with Gasteiger partial charge in [0.2, 0.25) is 0 Å². The van der Waals surface area contributed by atoms with E-state index in [1.165, 1.54) is 0 Å². The van der Waals surface area contributed by atoms with Crippen LogP contribution < -0.4 is 5.73 Å². The lowest BCUT2D eigenvalue weighted by atomic mass is 10.0. The van der Waals surface area contributed by atoms with Crippen LogP contribution in [0.5, 0.6) is 0 Å². The van der Waals surface area contributed by atoms with Gasteiger partial charge in [-0.1, -0.05) is 6.07 Å². The smallest absolute Gasteiger partial charge is 0.307 e. The molecule has 1 aromatic carbocycles. The molecule has 0 spiro atoms. The fourth-order valence-electron chi connectivity index (χ4n) is 1.47. The zero-order chi connectivity index (χ0) is 11.4. The van der Waals surface area contributed by atoms with E-state index in [-0.39, 0.29) is 6.42 Å². The summed E-state index contributed by atoms with van der Waals surface area (Å²) in [6, 6.07) is 5.35. The highest BCUT2D eigenvalue weighted by molar-refractivity contribution is 5.71. The molecule has 0 heterocycles. The highest BCUT2D eigenvalue weighted by atomic mass is 16.4. The van der Waals surface area contributed by atoms with Crippen LogP contribution in [0.1, 0.15) is 11.1 Å². The lowest BCUT2D eigenvalue weighted by Crippen LogP contribution is -2.14. The first-order valence-electron chi connectivity index (χ1n) is 4.73. The number of carboxylic acid groups (broad SMARTS) is 1. The van der Waals surface area contributed by atoms with E-state index in [9.17, 15) is 4.79 Å². The van der Waals surface area contributed by atoms with Crippen LogP contribution in [-0.4, -0.2) is 30.1 Å². The predicted octanol–water partition coefficient (Wildman–Crippen LogP) is 0.958. The van der Waals surface area contributed by atoms with E-state index >= 15 is 0 Å². The van der Waals surface area contributed by atoms with Crippen molar-refractivity contribution in [2.45, 2.75) is 13.0 Å². The molecule has 0 atom stereocenters. The van der Waals surface area contributed by atoms with Crippen LogP contribution in [0.4, 0.5) is 5.69 Å². The van der Waals surface area contributed by atoms with Crippen molar-refractivity contribution < 1.29 is 9.90 Å². The molecule has 0 aliphatic heterocycles. The Kier molecular flexibility index (Phi) is 3.68. The Bertz CT molecular complexity index is 362. The zero-order valence-corrected chi connectivity index (χ0v) is 9.03. The number of nitrogen functional groups attached to an aromatic ring is 1. The van der Waals surface area contributed by atoms with E-state index in [4.69, 9.17) is 10.8 Å². The van der Waals surface area contributed by atoms with Crippen molar-refractivity contribution in [1.82, 2.24) is 4.90 Å². The van der Waals surface area contributed by atoms with Crippen LogP contribution in [0.25, 0.3) is 0 Å². The van der Waals surface area contributed by atoms with E-state index in [0.29, 0.717) is 12.2 Å². The van der Waals surface area contributed by atoms with E-state index in [1.54, 1.807) is 12.1 Å². The number of carboxylic acids is 1. The molecule has 1 rings (SSSR count). The summed E-state index contributed by atoms with van der Waals surface area (Å²) in [6.07, 6.45) is 0.0451. The Hall–Kier alpha value is -1.55. The van der Waals surface area contributed by atoms with Gasteiger partial charge in [0.15, 0.2) is 0 Å². The molecule has 0 aromatic heterocycles. The Balaban J connectivity index is 2.97. The predicted molar refractivity (Wildman–Crippen MR) is 59.6 cm³/mol. The molecule has 15 heavy (non-hydrogen) atoms. The number of aliphatic carboxylic acids is 1. The van der Waals surface area contributed by atoms with Crippen LogP contribution in [-0.2, 0) is 17.8 Å². The van der Waals surface area contributed by atoms with Crippen molar-refractivity contribution in [3.63, 3.8) is 0 Å². The largest absolute Gasteiger partial charge is 0.481 e. The Morgan fingerprint density at radius 3 is 2.60 bits per heavy atom. The van der Waals surface area contributed by atoms with Gasteiger partial charge < -0.3 is 15.7 Å². The van der Waals surface area contributed by atoms with Crippen molar-refractivity contribution in [2.75, 3.05) is 19.8 Å². The summed E-state index contributed by atoms with van der Waals surface area (Å²) in [5.74, 6) is -0.820. The second-order valence-electron chi connectivity index (χ2n) is 3.84. The van der Waals surface area contributed by atoms with Crippen LogP contribution in [0.15, 0.2) is 18.2 Å². The van der Waals surface area contributed by atoms with Gasteiger partial charge in [-0.05, 0) is 37.4 Å². The molecule has 0 amide bonds. The molecule has 82 valence electrons. The van der Waals surface area contributed by atoms with Gasteiger partial charge in [0.05, 0.1) is 6.42 Å². The van der Waals surface area contributed by atoms with Crippen LogP contribution in [0, 0.1) is 0 Å². The molecule has 1 aromatic rings. The number of nitrogens with two attached hydrogens (primary N) is 1. The molecular formula is C11H16N2O2. The first-order valence-corrected chi connectivity index (χ1v) is 4.73. The summed E-state index contributed by atoms with van der Waals surface area (Å²) >= 11 is 0. The normalized spacial score (nSPS) is 10.6.